The summed E-state index contributed by atoms with van der Waals surface area (Å²) in [5.41, 5.74) is 1.95. The van der Waals surface area contributed by atoms with Crippen LogP contribution in [-0.4, -0.2) is 58.2 Å². The van der Waals surface area contributed by atoms with E-state index in [9.17, 15) is 21.6 Å². The van der Waals surface area contributed by atoms with E-state index in [4.69, 9.17) is 8.92 Å². The number of ether oxygens (including phenoxy) is 1. The van der Waals surface area contributed by atoms with Gasteiger partial charge in [0.15, 0.2) is 9.84 Å². The Balaban J connectivity index is 1.37. The molecule has 44 heavy (non-hydrogen) atoms. The van der Waals surface area contributed by atoms with Crippen LogP contribution in [0, 0.1) is 12.8 Å². The second-order valence-corrected chi connectivity index (χ2v) is 15.5. The fourth-order valence-corrected chi connectivity index (χ4v) is 9.02. The number of hydrogen-bond donors (Lipinski definition) is 0. The molecule has 2 fully saturated rings. The number of rotatable bonds is 14. The molecule has 0 N–H and O–H groups in total. The SMILES string of the molecule is Cc1ccc(S(=O)(=O)O[C@H](CCOCc2ccccc2)[C@@H]2CC[C@H]3CCC(=O)N3[C@@H]2CCCS(=O)(=O)c2ccccc2)cc1. The summed E-state index contributed by atoms with van der Waals surface area (Å²) < 4.78 is 65.1. The lowest BCUT2D eigenvalue weighted by atomic mass is 9.79. The minimum Gasteiger partial charge on any atom is -0.377 e. The Bertz CT molecular complexity index is 1590. The van der Waals surface area contributed by atoms with Crippen molar-refractivity contribution in [3.63, 3.8) is 0 Å². The summed E-state index contributed by atoms with van der Waals surface area (Å²) in [6, 6.07) is 24.4. The maximum atomic E-state index is 13.5. The zero-order valence-corrected chi connectivity index (χ0v) is 26.7. The van der Waals surface area contributed by atoms with E-state index >= 15 is 0 Å². The lowest BCUT2D eigenvalue weighted by molar-refractivity contribution is -0.136. The van der Waals surface area contributed by atoms with Gasteiger partial charge in [-0.3, -0.25) is 8.98 Å². The van der Waals surface area contributed by atoms with E-state index in [1.165, 1.54) is 0 Å². The highest BCUT2D eigenvalue weighted by Crippen LogP contribution is 2.41. The molecular formula is C34H41NO7S2. The van der Waals surface area contributed by atoms with Crippen LogP contribution in [0.2, 0.25) is 0 Å². The van der Waals surface area contributed by atoms with Gasteiger partial charge in [-0.15, -0.1) is 0 Å². The average Bonchev–Trinajstić information content (AvgIpc) is 3.40. The van der Waals surface area contributed by atoms with Crippen molar-refractivity contribution in [1.29, 1.82) is 0 Å². The smallest absolute Gasteiger partial charge is 0.297 e. The number of carbonyl (C=O) groups is 1. The third-order valence-electron chi connectivity index (χ3n) is 8.77. The van der Waals surface area contributed by atoms with Crippen molar-refractivity contribution < 1.29 is 30.6 Å². The van der Waals surface area contributed by atoms with E-state index in [1.807, 2.05) is 42.2 Å². The molecule has 3 aromatic carbocycles. The topological polar surface area (TPSA) is 107 Å². The first-order chi connectivity index (χ1) is 21.1. The first-order valence-electron chi connectivity index (χ1n) is 15.3. The highest BCUT2D eigenvalue weighted by molar-refractivity contribution is 7.91. The molecule has 0 unspecified atom stereocenters. The molecule has 0 bridgehead atoms. The molecule has 0 saturated carbocycles. The number of benzene rings is 3. The van der Waals surface area contributed by atoms with E-state index < -0.39 is 26.1 Å². The molecule has 2 saturated heterocycles. The zero-order chi connectivity index (χ0) is 31.2. The molecule has 2 heterocycles. The van der Waals surface area contributed by atoms with Crippen molar-refractivity contribution >= 4 is 25.9 Å². The summed E-state index contributed by atoms with van der Waals surface area (Å²) in [4.78, 5) is 15.4. The number of amides is 1. The van der Waals surface area contributed by atoms with Gasteiger partial charge < -0.3 is 9.64 Å². The standard InChI is InChI=1S/C34H41NO7S2/c1-26-14-18-30(19-15-26)44(39,40)42-33(22-23-41-25-27-9-4-2-5-10-27)31-20-16-28-17-21-34(36)35(28)32(31)13-8-24-43(37,38)29-11-6-3-7-12-29/h2-7,9-12,14-15,18-19,28,31-33H,8,13,16-17,20-25H2,1H3/t28-,31+,32+,33+/m0/s1. The van der Waals surface area contributed by atoms with Crippen LogP contribution in [0.5, 0.6) is 0 Å². The van der Waals surface area contributed by atoms with Crippen molar-refractivity contribution in [3.8, 4) is 0 Å². The van der Waals surface area contributed by atoms with Crippen LogP contribution < -0.4 is 0 Å². The van der Waals surface area contributed by atoms with Gasteiger partial charge in [0.05, 0.1) is 28.3 Å². The number of aryl methyl sites for hydroxylation is 1. The van der Waals surface area contributed by atoms with Gasteiger partial charge in [0, 0.05) is 31.0 Å². The molecule has 236 valence electrons. The van der Waals surface area contributed by atoms with Crippen LogP contribution in [0.3, 0.4) is 0 Å². The molecule has 0 spiro atoms. The number of piperidine rings is 1. The Morgan fingerprint density at radius 3 is 2.23 bits per heavy atom. The second-order valence-electron chi connectivity index (χ2n) is 11.8. The number of sulfone groups is 1. The Morgan fingerprint density at radius 2 is 1.52 bits per heavy atom. The largest absolute Gasteiger partial charge is 0.377 e. The van der Waals surface area contributed by atoms with Gasteiger partial charge >= 0.3 is 0 Å². The maximum absolute atomic E-state index is 13.5. The van der Waals surface area contributed by atoms with Gasteiger partial charge in [-0.1, -0.05) is 66.2 Å². The monoisotopic (exact) mass is 639 g/mol. The Kier molecular flexibility index (Phi) is 10.6. The lowest BCUT2D eigenvalue weighted by Gasteiger charge is -2.46. The van der Waals surface area contributed by atoms with E-state index in [1.54, 1.807) is 54.6 Å². The summed E-state index contributed by atoms with van der Waals surface area (Å²) in [6.45, 7) is 2.54. The first-order valence-corrected chi connectivity index (χ1v) is 18.4. The third-order valence-corrected chi connectivity index (χ3v) is 11.9. The van der Waals surface area contributed by atoms with Crippen LogP contribution in [0.1, 0.15) is 56.1 Å². The fraction of sp³-hybridized carbons (Fsp3) is 0.441. The van der Waals surface area contributed by atoms with Crippen LogP contribution in [0.15, 0.2) is 94.7 Å². The molecule has 2 aliphatic rings. The first kappa shape index (κ1) is 32.3. The van der Waals surface area contributed by atoms with E-state index in [0.717, 1.165) is 24.0 Å². The predicted molar refractivity (Wildman–Crippen MR) is 168 cm³/mol. The van der Waals surface area contributed by atoms with Crippen LogP contribution in [0.4, 0.5) is 0 Å². The lowest BCUT2D eigenvalue weighted by Crippen LogP contribution is -2.53. The molecule has 3 aromatic rings. The zero-order valence-electron chi connectivity index (χ0n) is 25.1. The third kappa shape index (κ3) is 7.96. The number of fused-ring (bicyclic) bond motifs is 1. The molecular weight excluding hydrogens is 599 g/mol. The quantitative estimate of drug-likeness (QED) is 0.165. The molecule has 8 nitrogen and oxygen atoms in total. The summed E-state index contributed by atoms with van der Waals surface area (Å²) >= 11 is 0. The van der Waals surface area contributed by atoms with Crippen molar-refractivity contribution in [3.05, 3.63) is 96.1 Å². The molecule has 5 rings (SSSR count). The normalized spacial score (nSPS) is 21.2. The van der Waals surface area contributed by atoms with Crippen LogP contribution in [-0.2, 0) is 40.3 Å². The summed E-state index contributed by atoms with van der Waals surface area (Å²) in [7, 11) is -7.61. The summed E-state index contributed by atoms with van der Waals surface area (Å²) in [5.74, 6) is -0.315. The molecule has 1 amide bonds. The van der Waals surface area contributed by atoms with Gasteiger partial charge in [0.25, 0.3) is 10.1 Å². The fourth-order valence-electron chi connectivity index (χ4n) is 6.52. The summed E-state index contributed by atoms with van der Waals surface area (Å²) in [5, 5.41) is 0. The van der Waals surface area contributed by atoms with Gasteiger partial charge in [-0.2, -0.15) is 8.42 Å². The summed E-state index contributed by atoms with van der Waals surface area (Å²) in [6.07, 6.45) is 2.99. The molecule has 0 aromatic heterocycles. The average molecular weight is 640 g/mol. The van der Waals surface area contributed by atoms with Crippen LogP contribution >= 0.6 is 0 Å². The van der Waals surface area contributed by atoms with E-state index in [0.29, 0.717) is 38.7 Å². The predicted octanol–water partition coefficient (Wildman–Crippen LogP) is 5.70. The maximum Gasteiger partial charge on any atom is 0.297 e. The molecule has 10 heteroatoms. The Morgan fingerprint density at radius 1 is 0.841 bits per heavy atom. The van der Waals surface area contributed by atoms with Crippen LogP contribution in [0.25, 0.3) is 0 Å². The van der Waals surface area contributed by atoms with Crippen molar-refractivity contribution in [2.45, 2.75) is 86.5 Å². The molecule has 0 radical (unpaired) electrons. The van der Waals surface area contributed by atoms with Gasteiger partial charge in [-0.25, -0.2) is 8.42 Å². The minimum atomic E-state index is -4.11. The Hall–Kier alpha value is -3.05. The minimum absolute atomic E-state index is 0.0380. The molecule has 0 aliphatic carbocycles. The van der Waals surface area contributed by atoms with Crippen molar-refractivity contribution in [2.24, 2.45) is 5.92 Å². The highest BCUT2D eigenvalue weighted by atomic mass is 32.2. The number of carbonyl (C=O) groups excluding carboxylic acids is 1. The number of hydrogen-bond acceptors (Lipinski definition) is 7. The number of nitrogens with zero attached hydrogens (tertiary/aromatic N) is 1. The molecule has 2 aliphatic heterocycles. The molecule has 4 atom stereocenters. The van der Waals surface area contributed by atoms with E-state index in [-0.39, 0.29) is 46.1 Å². The van der Waals surface area contributed by atoms with Crippen molar-refractivity contribution in [2.75, 3.05) is 12.4 Å². The van der Waals surface area contributed by atoms with E-state index in [2.05, 4.69) is 0 Å². The van der Waals surface area contributed by atoms with Gasteiger partial charge in [-0.05, 0) is 75.3 Å². The van der Waals surface area contributed by atoms with Gasteiger partial charge in [0.1, 0.15) is 0 Å². The Labute approximate surface area is 261 Å². The van der Waals surface area contributed by atoms with Crippen molar-refractivity contribution in [1.82, 2.24) is 4.90 Å². The van der Waals surface area contributed by atoms with Gasteiger partial charge in [0.2, 0.25) is 5.91 Å². The second kappa shape index (κ2) is 14.4. The highest BCUT2D eigenvalue weighted by Gasteiger charge is 2.46.